The molecule has 1 N–H and O–H groups in total. The summed E-state index contributed by atoms with van der Waals surface area (Å²) in [5, 5.41) is 3.07. The van der Waals surface area contributed by atoms with Crippen LogP contribution in [0.3, 0.4) is 0 Å². The summed E-state index contributed by atoms with van der Waals surface area (Å²) in [5.41, 5.74) is -0.0297. The second-order valence-electron chi connectivity index (χ2n) is 5.00. The minimum Gasteiger partial charge on any atom is -0.312 e. The van der Waals surface area contributed by atoms with Crippen LogP contribution in [0.2, 0.25) is 0 Å². The summed E-state index contributed by atoms with van der Waals surface area (Å²) in [4.78, 5) is 0. The van der Waals surface area contributed by atoms with Gasteiger partial charge in [0.15, 0.2) is 0 Å². The van der Waals surface area contributed by atoms with Crippen molar-refractivity contribution < 1.29 is 8.78 Å². The van der Waals surface area contributed by atoms with Crippen molar-refractivity contribution in [3.05, 3.63) is 35.9 Å². The molecule has 0 saturated heterocycles. The largest absolute Gasteiger partial charge is 0.312 e. The molecule has 0 amide bonds. The third-order valence-electron chi connectivity index (χ3n) is 2.29. The summed E-state index contributed by atoms with van der Waals surface area (Å²) >= 11 is 0. The Labute approximate surface area is 95.9 Å². The van der Waals surface area contributed by atoms with Gasteiger partial charge in [-0.2, -0.15) is 0 Å². The first kappa shape index (κ1) is 13.1. The predicted molar refractivity (Wildman–Crippen MR) is 62.7 cm³/mol. The molecule has 0 fully saturated rings. The summed E-state index contributed by atoms with van der Waals surface area (Å²) in [6, 6.07) is 7.96. The van der Waals surface area contributed by atoms with Crippen LogP contribution in [-0.4, -0.2) is 12.1 Å². The number of benzene rings is 1. The molecule has 90 valence electrons. The molecule has 0 bridgehead atoms. The topological polar surface area (TPSA) is 12.0 Å². The second-order valence-corrected chi connectivity index (χ2v) is 5.00. The third-order valence-corrected chi connectivity index (χ3v) is 2.29. The molecular weight excluding hydrogens is 208 g/mol. The molecule has 0 aliphatic rings. The standard InChI is InChI=1S/C13H19F2N/c1-12(2,3)16-10-9-13(14,15)11-7-5-4-6-8-11/h4-8,16H,9-10H2,1-3H3. The van der Waals surface area contributed by atoms with Crippen molar-refractivity contribution in [1.29, 1.82) is 0 Å². The van der Waals surface area contributed by atoms with Gasteiger partial charge in [0.1, 0.15) is 0 Å². The van der Waals surface area contributed by atoms with E-state index in [-0.39, 0.29) is 17.5 Å². The lowest BCUT2D eigenvalue weighted by Gasteiger charge is -2.23. The fourth-order valence-electron chi connectivity index (χ4n) is 1.42. The average Bonchev–Trinajstić information content (AvgIpc) is 2.17. The average molecular weight is 227 g/mol. The van der Waals surface area contributed by atoms with Crippen molar-refractivity contribution in [3.63, 3.8) is 0 Å². The fraction of sp³-hybridized carbons (Fsp3) is 0.538. The molecule has 1 aromatic carbocycles. The van der Waals surface area contributed by atoms with E-state index in [0.29, 0.717) is 6.54 Å². The molecule has 0 atom stereocenters. The van der Waals surface area contributed by atoms with E-state index in [1.54, 1.807) is 18.2 Å². The van der Waals surface area contributed by atoms with Gasteiger partial charge in [-0.15, -0.1) is 0 Å². The van der Waals surface area contributed by atoms with Crippen LogP contribution in [0.15, 0.2) is 30.3 Å². The van der Waals surface area contributed by atoms with Gasteiger partial charge in [-0.1, -0.05) is 30.3 Å². The van der Waals surface area contributed by atoms with E-state index < -0.39 is 5.92 Å². The normalized spacial score (nSPS) is 12.8. The Bertz CT molecular complexity index is 314. The minimum atomic E-state index is -2.75. The highest BCUT2D eigenvalue weighted by Crippen LogP contribution is 2.30. The maximum Gasteiger partial charge on any atom is 0.274 e. The maximum absolute atomic E-state index is 13.7. The first-order valence-corrected chi connectivity index (χ1v) is 5.50. The Morgan fingerprint density at radius 3 is 2.12 bits per heavy atom. The first-order valence-electron chi connectivity index (χ1n) is 5.50. The lowest BCUT2D eigenvalue weighted by Crippen LogP contribution is -2.38. The number of hydrogen-bond donors (Lipinski definition) is 1. The van der Waals surface area contributed by atoms with Gasteiger partial charge in [-0.05, 0) is 20.8 Å². The van der Waals surface area contributed by atoms with Gasteiger partial charge in [-0.25, -0.2) is 8.78 Å². The van der Waals surface area contributed by atoms with Crippen LogP contribution >= 0.6 is 0 Å². The molecule has 1 rings (SSSR count). The van der Waals surface area contributed by atoms with E-state index in [1.807, 2.05) is 20.8 Å². The van der Waals surface area contributed by atoms with E-state index in [2.05, 4.69) is 5.32 Å². The summed E-state index contributed by atoms with van der Waals surface area (Å²) in [6.07, 6.45) is -0.172. The van der Waals surface area contributed by atoms with Gasteiger partial charge >= 0.3 is 0 Å². The molecule has 0 aliphatic carbocycles. The summed E-state index contributed by atoms with van der Waals surface area (Å²) in [7, 11) is 0. The third kappa shape index (κ3) is 4.27. The van der Waals surface area contributed by atoms with Crippen molar-refractivity contribution in [3.8, 4) is 0 Å². The fourth-order valence-corrected chi connectivity index (χ4v) is 1.42. The van der Waals surface area contributed by atoms with Crippen LogP contribution in [0.25, 0.3) is 0 Å². The molecule has 0 aromatic heterocycles. The zero-order valence-corrected chi connectivity index (χ0v) is 10.1. The van der Waals surface area contributed by atoms with Gasteiger partial charge in [0.25, 0.3) is 5.92 Å². The second kappa shape index (κ2) is 4.91. The van der Waals surface area contributed by atoms with E-state index in [9.17, 15) is 8.78 Å². The molecule has 0 aliphatic heterocycles. The first-order chi connectivity index (χ1) is 7.31. The van der Waals surface area contributed by atoms with Gasteiger partial charge in [-0.3, -0.25) is 0 Å². The van der Waals surface area contributed by atoms with Gasteiger partial charge in [0, 0.05) is 24.1 Å². The SMILES string of the molecule is CC(C)(C)NCCC(F)(F)c1ccccc1. The molecule has 1 aromatic rings. The Balaban J connectivity index is 2.53. The summed E-state index contributed by atoms with van der Waals surface area (Å²) in [5.74, 6) is -2.75. The van der Waals surface area contributed by atoms with E-state index in [1.165, 1.54) is 12.1 Å². The van der Waals surface area contributed by atoms with Gasteiger partial charge in [0.2, 0.25) is 0 Å². The van der Waals surface area contributed by atoms with Crippen LogP contribution in [0, 0.1) is 0 Å². The molecule has 0 saturated carbocycles. The minimum absolute atomic E-state index is 0.0886. The molecule has 1 nitrogen and oxygen atoms in total. The smallest absolute Gasteiger partial charge is 0.274 e. The number of hydrogen-bond acceptors (Lipinski definition) is 1. The Kier molecular flexibility index (Phi) is 4.03. The number of nitrogens with one attached hydrogen (secondary N) is 1. The van der Waals surface area contributed by atoms with E-state index in [0.717, 1.165) is 0 Å². The quantitative estimate of drug-likeness (QED) is 0.829. The molecule has 0 unspecified atom stereocenters. The van der Waals surface area contributed by atoms with Crippen LogP contribution in [0.5, 0.6) is 0 Å². The van der Waals surface area contributed by atoms with E-state index >= 15 is 0 Å². The van der Waals surface area contributed by atoms with Crippen molar-refractivity contribution >= 4 is 0 Å². The Morgan fingerprint density at radius 2 is 1.62 bits per heavy atom. The molecule has 3 heteroatoms. The van der Waals surface area contributed by atoms with Crippen LogP contribution in [0.4, 0.5) is 8.78 Å². The Morgan fingerprint density at radius 1 is 1.06 bits per heavy atom. The number of alkyl halides is 2. The number of rotatable bonds is 4. The van der Waals surface area contributed by atoms with Gasteiger partial charge < -0.3 is 5.32 Å². The van der Waals surface area contributed by atoms with Crippen LogP contribution in [0.1, 0.15) is 32.8 Å². The molecular formula is C13H19F2N. The highest BCUT2D eigenvalue weighted by Gasteiger charge is 2.30. The van der Waals surface area contributed by atoms with Crippen molar-refractivity contribution in [2.24, 2.45) is 0 Å². The van der Waals surface area contributed by atoms with Crippen molar-refractivity contribution in [2.45, 2.75) is 38.7 Å². The molecule has 0 heterocycles. The van der Waals surface area contributed by atoms with Crippen LogP contribution < -0.4 is 5.32 Å². The summed E-state index contributed by atoms with van der Waals surface area (Å²) in [6.45, 7) is 6.21. The molecule has 0 radical (unpaired) electrons. The monoisotopic (exact) mass is 227 g/mol. The number of halogens is 2. The zero-order valence-electron chi connectivity index (χ0n) is 10.1. The lowest BCUT2D eigenvalue weighted by molar-refractivity contribution is -0.0139. The van der Waals surface area contributed by atoms with Crippen molar-refractivity contribution in [2.75, 3.05) is 6.54 Å². The van der Waals surface area contributed by atoms with Crippen LogP contribution in [-0.2, 0) is 5.92 Å². The Hall–Kier alpha value is -0.960. The maximum atomic E-state index is 13.7. The highest BCUT2D eigenvalue weighted by molar-refractivity contribution is 5.19. The van der Waals surface area contributed by atoms with Gasteiger partial charge in [0.05, 0.1) is 0 Å². The molecule has 0 spiro atoms. The lowest BCUT2D eigenvalue weighted by atomic mass is 10.0. The zero-order chi connectivity index (χ0) is 12.2. The van der Waals surface area contributed by atoms with Crippen molar-refractivity contribution in [1.82, 2.24) is 5.32 Å². The van der Waals surface area contributed by atoms with E-state index in [4.69, 9.17) is 0 Å². The molecule has 16 heavy (non-hydrogen) atoms. The highest BCUT2D eigenvalue weighted by atomic mass is 19.3. The summed E-state index contributed by atoms with van der Waals surface area (Å²) < 4.78 is 27.4. The predicted octanol–water partition coefficient (Wildman–Crippen LogP) is 3.56.